The predicted octanol–water partition coefficient (Wildman–Crippen LogP) is 14.6. The second kappa shape index (κ2) is 10.8. The Hall–Kier alpha value is -5.94. The third-order valence-corrected chi connectivity index (χ3v) is 12.4. The number of rotatable bonds is 4. The van der Waals surface area contributed by atoms with Gasteiger partial charge in [0.05, 0.1) is 0 Å². The molecule has 11 aromatic rings. The number of furan rings is 1. The molecular formula is C46H27NOS2. The van der Waals surface area contributed by atoms with Crippen LogP contribution in [0.3, 0.4) is 0 Å². The van der Waals surface area contributed by atoms with Gasteiger partial charge in [0.25, 0.3) is 0 Å². The molecule has 0 saturated heterocycles. The van der Waals surface area contributed by atoms with Crippen LogP contribution in [0.25, 0.3) is 84.2 Å². The van der Waals surface area contributed by atoms with E-state index in [1.807, 2.05) is 22.7 Å². The summed E-state index contributed by atoms with van der Waals surface area (Å²) in [6.45, 7) is 0. The molecule has 0 radical (unpaired) electrons. The minimum absolute atomic E-state index is 0.913. The van der Waals surface area contributed by atoms with Gasteiger partial charge in [0.15, 0.2) is 0 Å². The summed E-state index contributed by atoms with van der Waals surface area (Å²) in [5, 5.41) is 9.82. The third-order valence-electron chi connectivity index (χ3n) is 10.1. The zero-order valence-corrected chi connectivity index (χ0v) is 28.4. The Morgan fingerprint density at radius 3 is 1.60 bits per heavy atom. The van der Waals surface area contributed by atoms with E-state index in [0.29, 0.717) is 0 Å². The van der Waals surface area contributed by atoms with Gasteiger partial charge < -0.3 is 9.32 Å². The normalized spacial score (nSPS) is 12.0. The van der Waals surface area contributed by atoms with E-state index in [9.17, 15) is 0 Å². The fraction of sp³-hybridized carbons (Fsp3) is 0. The maximum atomic E-state index is 6.40. The van der Waals surface area contributed by atoms with Crippen molar-refractivity contribution in [1.29, 1.82) is 0 Å². The van der Waals surface area contributed by atoms with Crippen molar-refractivity contribution in [3.05, 3.63) is 164 Å². The summed E-state index contributed by atoms with van der Waals surface area (Å²) in [6, 6.07) is 59.6. The predicted molar refractivity (Wildman–Crippen MR) is 217 cm³/mol. The van der Waals surface area contributed by atoms with E-state index in [-0.39, 0.29) is 0 Å². The number of fused-ring (bicyclic) bond motifs is 11. The standard InChI is InChI=1S/C46H27NOS2/c1-2-8-34-29(7-1)15-21-37-38-25-30(16-22-41(38)48-46(34)37)28-13-17-31(18-14-28)47(32-19-23-44-39(26-32)35-9-3-5-11-42(35)49-44)33-20-24-45-40(27-33)36-10-4-6-12-43(36)50-45/h1-27H. The number of nitrogens with zero attached hydrogens (tertiary/aromatic N) is 1. The van der Waals surface area contributed by atoms with E-state index in [2.05, 4.69) is 169 Å². The van der Waals surface area contributed by atoms with E-state index in [0.717, 1.165) is 44.4 Å². The van der Waals surface area contributed by atoms with Crippen LogP contribution in [0.2, 0.25) is 0 Å². The average Bonchev–Trinajstić information content (AvgIpc) is 3.86. The molecule has 234 valence electrons. The lowest BCUT2D eigenvalue weighted by atomic mass is 10.0. The first-order chi connectivity index (χ1) is 24.7. The zero-order valence-electron chi connectivity index (χ0n) is 26.8. The Labute approximate surface area is 295 Å². The lowest BCUT2D eigenvalue weighted by molar-refractivity contribution is 0.672. The molecule has 11 rings (SSSR count). The summed E-state index contributed by atoms with van der Waals surface area (Å²) >= 11 is 3.71. The molecule has 2 nitrogen and oxygen atoms in total. The molecule has 0 saturated carbocycles. The molecule has 8 aromatic carbocycles. The molecule has 0 aliphatic rings. The second-order valence-corrected chi connectivity index (χ2v) is 15.1. The molecule has 0 amide bonds. The van der Waals surface area contributed by atoms with Crippen molar-refractivity contribution in [2.24, 2.45) is 0 Å². The molecule has 0 aliphatic carbocycles. The Morgan fingerprint density at radius 2 is 0.920 bits per heavy atom. The van der Waals surface area contributed by atoms with Crippen molar-refractivity contribution in [3.8, 4) is 11.1 Å². The van der Waals surface area contributed by atoms with E-state index in [4.69, 9.17) is 4.42 Å². The van der Waals surface area contributed by atoms with Gasteiger partial charge in [-0.1, -0.05) is 84.9 Å². The molecule has 4 heteroatoms. The minimum atomic E-state index is 0.913. The van der Waals surface area contributed by atoms with Crippen molar-refractivity contribution in [2.45, 2.75) is 0 Å². The minimum Gasteiger partial charge on any atom is -0.455 e. The molecule has 50 heavy (non-hydrogen) atoms. The highest BCUT2D eigenvalue weighted by molar-refractivity contribution is 7.26. The average molecular weight is 674 g/mol. The van der Waals surface area contributed by atoms with Crippen molar-refractivity contribution < 1.29 is 4.42 Å². The van der Waals surface area contributed by atoms with Crippen LogP contribution in [0.1, 0.15) is 0 Å². The van der Waals surface area contributed by atoms with Crippen molar-refractivity contribution in [2.75, 3.05) is 4.90 Å². The van der Waals surface area contributed by atoms with Gasteiger partial charge in [0.2, 0.25) is 0 Å². The van der Waals surface area contributed by atoms with E-state index < -0.39 is 0 Å². The summed E-state index contributed by atoms with van der Waals surface area (Å²) in [7, 11) is 0. The van der Waals surface area contributed by atoms with Gasteiger partial charge in [-0.25, -0.2) is 0 Å². The summed E-state index contributed by atoms with van der Waals surface area (Å²) in [4.78, 5) is 2.40. The number of thiophene rings is 2. The lowest BCUT2D eigenvalue weighted by Crippen LogP contribution is -2.09. The van der Waals surface area contributed by atoms with Crippen LogP contribution >= 0.6 is 22.7 Å². The van der Waals surface area contributed by atoms with Crippen molar-refractivity contribution in [3.63, 3.8) is 0 Å². The van der Waals surface area contributed by atoms with Gasteiger partial charge in [-0.2, -0.15) is 0 Å². The fourth-order valence-corrected chi connectivity index (χ4v) is 9.81. The van der Waals surface area contributed by atoms with Crippen LogP contribution in [0.15, 0.2) is 168 Å². The third kappa shape index (κ3) is 4.26. The number of benzene rings is 8. The Kier molecular flexibility index (Phi) is 6.03. The van der Waals surface area contributed by atoms with E-state index in [1.165, 1.54) is 56.9 Å². The highest BCUT2D eigenvalue weighted by Gasteiger charge is 2.18. The van der Waals surface area contributed by atoms with Gasteiger partial charge in [-0.15, -0.1) is 22.7 Å². The second-order valence-electron chi connectivity index (χ2n) is 12.9. The molecule has 0 bridgehead atoms. The van der Waals surface area contributed by atoms with Crippen LogP contribution in [0, 0.1) is 0 Å². The van der Waals surface area contributed by atoms with E-state index in [1.54, 1.807) is 0 Å². The topological polar surface area (TPSA) is 16.4 Å². The molecule has 0 atom stereocenters. The highest BCUT2D eigenvalue weighted by atomic mass is 32.1. The molecule has 0 N–H and O–H groups in total. The molecule has 3 aromatic heterocycles. The summed E-state index contributed by atoms with van der Waals surface area (Å²) in [5.74, 6) is 0. The first-order valence-corrected chi connectivity index (χ1v) is 18.5. The molecule has 0 aliphatic heterocycles. The number of hydrogen-bond acceptors (Lipinski definition) is 4. The van der Waals surface area contributed by atoms with Crippen LogP contribution in [-0.2, 0) is 0 Å². The molecular weight excluding hydrogens is 647 g/mol. The Balaban J connectivity index is 1.06. The van der Waals surface area contributed by atoms with Crippen molar-refractivity contribution >= 4 is 113 Å². The van der Waals surface area contributed by atoms with Gasteiger partial charge in [-0.3, -0.25) is 0 Å². The summed E-state index contributed by atoms with van der Waals surface area (Å²) in [6.07, 6.45) is 0. The van der Waals surface area contributed by atoms with Gasteiger partial charge in [0.1, 0.15) is 11.2 Å². The van der Waals surface area contributed by atoms with Crippen LogP contribution in [-0.4, -0.2) is 0 Å². The molecule has 0 spiro atoms. The zero-order chi connectivity index (χ0) is 32.8. The summed E-state index contributed by atoms with van der Waals surface area (Å²) in [5.41, 5.74) is 7.61. The Morgan fingerprint density at radius 1 is 0.360 bits per heavy atom. The molecule has 0 unspecified atom stereocenters. The first kappa shape index (κ1) is 28.0. The van der Waals surface area contributed by atoms with Crippen LogP contribution in [0.4, 0.5) is 17.1 Å². The number of hydrogen-bond donors (Lipinski definition) is 0. The quantitative estimate of drug-likeness (QED) is 0.185. The summed E-state index contributed by atoms with van der Waals surface area (Å²) < 4.78 is 11.6. The van der Waals surface area contributed by atoms with E-state index >= 15 is 0 Å². The van der Waals surface area contributed by atoms with Gasteiger partial charge >= 0.3 is 0 Å². The molecule has 3 heterocycles. The Bertz CT molecular complexity index is 2990. The maximum Gasteiger partial charge on any atom is 0.143 e. The first-order valence-electron chi connectivity index (χ1n) is 16.8. The monoisotopic (exact) mass is 673 g/mol. The SMILES string of the molecule is c1ccc2c(c1)ccc1c3cc(-c4ccc(N(c5ccc6sc7ccccc7c6c5)c5ccc6sc7ccccc7c6c5)cc4)ccc3oc21. The highest BCUT2D eigenvalue weighted by Crippen LogP contribution is 2.44. The fourth-order valence-electron chi connectivity index (χ4n) is 7.64. The van der Waals surface area contributed by atoms with Gasteiger partial charge in [-0.05, 0) is 95.4 Å². The largest absolute Gasteiger partial charge is 0.455 e. The van der Waals surface area contributed by atoms with Crippen LogP contribution < -0.4 is 4.90 Å². The van der Waals surface area contributed by atoms with Gasteiger partial charge in [0, 0.05) is 73.6 Å². The van der Waals surface area contributed by atoms with Crippen LogP contribution in [0.5, 0.6) is 0 Å². The molecule has 0 fully saturated rings. The maximum absolute atomic E-state index is 6.40. The lowest BCUT2D eigenvalue weighted by Gasteiger charge is -2.26. The van der Waals surface area contributed by atoms with Crippen molar-refractivity contribution in [1.82, 2.24) is 0 Å². The number of anilines is 3. The smallest absolute Gasteiger partial charge is 0.143 e.